The van der Waals surface area contributed by atoms with Crippen LogP contribution < -0.4 is 0 Å². The van der Waals surface area contributed by atoms with Gasteiger partial charge in [0.2, 0.25) is 5.16 Å². The summed E-state index contributed by atoms with van der Waals surface area (Å²) >= 11 is 1.73. The Morgan fingerprint density at radius 3 is 2.65 bits per heavy atom. The minimum absolute atomic E-state index is 0.869. The van der Waals surface area contributed by atoms with Crippen LogP contribution in [-0.4, -0.2) is 50.5 Å². The monoisotopic (exact) mass is 289 g/mol. The van der Waals surface area contributed by atoms with E-state index in [-0.39, 0.29) is 0 Å². The van der Waals surface area contributed by atoms with Crippen LogP contribution in [0, 0.1) is 0 Å². The molecule has 20 heavy (non-hydrogen) atoms. The van der Waals surface area contributed by atoms with Crippen molar-refractivity contribution in [1.29, 1.82) is 0 Å². The molecule has 2 aromatic rings. The molecule has 1 fully saturated rings. The summed E-state index contributed by atoms with van der Waals surface area (Å²) in [6.07, 6.45) is 4.06. The minimum atomic E-state index is 0.869. The Morgan fingerprint density at radius 2 is 1.85 bits per heavy atom. The number of hydrogen-bond donors (Lipinski definition) is 0. The molecule has 2 heterocycles. The molecule has 0 bridgehead atoms. The number of benzene rings is 1. The van der Waals surface area contributed by atoms with Gasteiger partial charge in [-0.3, -0.25) is 0 Å². The predicted molar refractivity (Wildman–Crippen MR) is 80.2 cm³/mol. The molecule has 0 unspecified atom stereocenters. The van der Waals surface area contributed by atoms with Gasteiger partial charge < -0.3 is 4.90 Å². The Kier molecular flexibility index (Phi) is 4.65. The fourth-order valence-corrected chi connectivity index (χ4v) is 3.34. The molecule has 3 rings (SSSR count). The number of likely N-dealkylation sites (tertiary alicyclic amines) is 1. The van der Waals surface area contributed by atoms with Crippen LogP contribution in [0.2, 0.25) is 0 Å². The normalized spacial score (nSPS) is 16.4. The smallest absolute Gasteiger partial charge is 0.214 e. The van der Waals surface area contributed by atoms with Crippen LogP contribution in [0.4, 0.5) is 0 Å². The number of para-hydroxylation sites is 1. The Morgan fingerprint density at radius 1 is 1.05 bits per heavy atom. The molecule has 0 radical (unpaired) electrons. The Hall–Kier alpha value is -1.40. The quantitative estimate of drug-likeness (QED) is 0.790. The van der Waals surface area contributed by atoms with Gasteiger partial charge in [-0.1, -0.05) is 36.4 Å². The first-order valence-corrected chi connectivity index (χ1v) is 8.11. The zero-order chi connectivity index (χ0) is 13.6. The molecule has 0 aliphatic carbocycles. The van der Waals surface area contributed by atoms with Gasteiger partial charge in [-0.05, 0) is 48.5 Å². The lowest BCUT2D eigenvalue weighted by Gasteiger charge is -2.25. The van der Waals surface area contributed by atoms with Crippen LogP contribution in [0.5, 0.6) is 0 Å². The van der Waals surface area contributed by atoms with Gasteiger partial charge in [0.15, 0.2) is 0 Å². The number of aromatic nitrogens is 4. The van der Waals surface area contributed by atoms with E-state index >= 15 is 0 Å². The van der Waals surface area contributed by atoms with Gasteiger partial charge in [0.05, 0.1) is 5.69 Å². The summed E-state index contributed by atoms with van der Waals surface area (Å²) in [6, 6.07) is 10.0. The number of rotatable bonds is 5. The van der Waals surface area contributed by atoms with E-state index in [0.717, 1.165) is 23.1 Å². The van der Waals surface area contributed by atoms with Crippen molar-refractivity contribution >= 4 is 11.8 Å². The van der Waals surface area contributed by atoms with Crippen LogP contribution in [-0.2, 0) is 0 Å². The fourth-order valence-electron chi connectivity index (χ4n) is 2.45. The molecular formula is C14H19N5S. The highest BCUT2D eigenvalue weighted by atomic mass is 32.2. The summed E-state index contributed by atoms with van der Waals surface area (Å²) < 4.78 is 1.81. The topological polar surface area (TPSA) is 46.8 Å². The first-order chi connectivity index (χ1) is 9.93. The van der Waals surface area contributed by atoms with Crippen LogP contribution >= 0.6 is 11.8 Å². The van der Waals surface area contributed by atoms with E-state index in [4.69, 9.17) is 0 Å². The molecule has 0 spiro atoms. The Balaban J connectivity index is 1.57. The van der Waals surface area contributed by atoms with Crippen molar-refractivity contribution in [2.24, 2.45) is 0 Å². The van der Waals surface area contributed by atoms with Gasteiger partial charge in [-0.15, -0.1) is 5.10 Å². The molecular weight excluding hydrogens is 270 g/mol. The third-order valence-corrected chi connectivity index (χ3v) is 4.43. The lowest BCUT2D eigenvalue weighted by atomic mass is 10.1. The molecule has 0 N–H and O–H groups in total. The van der Waals surface area contributed by atoms with E-state index in [9.17, 15) is 0 Å². The molecule has 5 nitrogen and oxygen atoms in total. The number of thioether (sulfide) groups is 1. The summed E-state index contributed by atoms with van der Waals surface area (Å²) in [6.45, 7) is 3.60. The highest BCUT2D eigenvalue weighted by molar-refractivity contribution is 7.99. The molecule has 1 aromatic carbocycles. The second-order valence-electron chi connectivity index (χ2n) is 4.96. The van der Waals surface area contributed by atoms with Gasteiger partial charge in [0, 0.05) is 12.3 Å². The largest absolute Gasteiger partial charge is 0.303 e. The molecule has 0 atom stereocenters. The van der Waals surface area contributed by atoms with Gasteiger partial charge in [0.1, 0.15) is 0 Å². The lowest BCUT2D eigenvalue weighted by Crippen LogP contribution is -2.31. The first kappa shape index (κ1) is 13.6. The van der Waals surface area contributed by atoms with E-state index in [1.54, 1.807) is 16.4 Å². The maximum atomic E-state index is 4.12. The van der Waals surface area contributed by atoms with Gasteiger partial charge in [0.25, 0.3) is 0 Å². The number of tetrazole rings is 1. The molecule has 1 aromatic heterocycles. The lowest BCUT2D eigenvalue weighted by molar-refractivity contribution is 0.242. The summed E-state index contributed by atoms with van der Waals surface area (Å²) in [7, 11) is 0. The van der Waals surface area contributed by atoms with Crippen molar-refractivity contribution in [2.45, 2.75) is 24.4 Å². The molecule has 106 valence electrons. The van der Waals surface area contributed by atoms with Crippen LogP contribution in [0.3, 0.4) is 0 Å². The molecule has 1 aliphatic heterocycles. The fraction of sp³-hybridized carbons (Fsp3) is 0.500. The van der Waals surface area contributed by atoms with Gasteiger partial charge >= 0.3 is 0 Å². The molecule has 1 saturated heterocycles. The van der Waals surface area contributed by atoms with Crippen molar-refractivity contribution in [3.8, 4) is 5.69 Å². The minimum Gasteiger partial charge on any atom is -0.303 e. The SMILES string of the molecule is c1ccc(-n2nnnc2SCCN2CCCCC2)cc1. The molecule has 0 saturated carbocycles. The number of hydrogen-bond acceptors (Lipinski definition) is 5. The second-order valence-corrected chi connectivity index (χ2v) is 6.02. The van der Waals surface area contributed by atoms with E-state index < -0.39 is 0 Å². The van der Waals surface area contributed by atoms with Crippen molar-refractivity contribution in [1.82, 2.24) is 25.1 Å². The van der Waals surface area contributed by atoms with E-state index in [1.165, 1.54) is 32.4 Å². The maximum Gasteiger partial charge on any atom is 0.214 e. The van der Waals surface area contributed by atoms with Crippen molar-refractivity contribution < 1.29 is 0 Å². The van der Waals surface area contributed by atoms with Crippen molar-refractivity contribution in [2.75, 3.05) is 25.4 Å². The summed E-state index contributed by atoms with van der Waals surface area (Å²) in [5, 5.41) is 12.9. The Labute approximate surface area is 123 Å². The third kappa shape index (κ3) is 3.37. The van der Waals surface area contributed by atoms with Crippen molar-refractivity contribution in [3.63, 3.8) is 0 Å². The average Bonchev–Trinajstić information content (AvgIpc) is 2.98. The highest BCUT2D eigenvalue weighted by Crippen LogP contribution is 2.18. The zero-order valence-electron chi connectivity index (χ0n) is 11.5. The molecule has 6 heteroatoms. The molecule has 1 aliphatic rings. The van der Waals surface area contributed by atoms with E-state index in [2.05, 4.69) is 20.4 Å². The summed E-state index contributed by atoms with van der Waals surface area (Å²) in [4.78, 5) is 2.53. The average molecular weight is 289 g/mol. The summed E-state index contributed by atoms with van der Waals surface area (Å²) in [5.74, 6) is 1.03. The number of nitrogens with zero attached hydrogens (tertiary/aromatic N) is 5. The van der Waals surface area contributed by atoms with E-state index in [0.29, 0.717) is 0 Å². The van der Waals surface area contributed by atoms with Crippen LogP contribution in [0.15, 0.2) is 35.5 Å². The highest BCUT2D eigenvalue weighted by Gasteiger charge is 2.12. The second kappa shape index (κ2) is 6.85. The third-order valence-electron chi connectivity index (χ3n) is 3.53. The van der Waals surface area contributed by atoms with Crippen LogP contribution in [0.25, 0.3) is 5.69 Å². The van der Waals surface area contributed by atoms with Crippen molar-refractivity contribution in [3.05, 3.63) is 30.3 Å². The van der Waals surface area contributed by atoms with E-state index in [1.807, 2.05) is 30.3 Å². The summed E-state index contributed by atoms with van der Waals surface area (Å²) in [5.41, 5.74) is 1.01. The standard InChI is InChI=1S/C14H19N5S/c1-3-7-13(8-4-1)19-14(15-16-17-19)20-12-11-18-9-5-2-6-10-18/h1,3-4,7-8H,2,5-6,9-12H2. The zero-order valence-corrected chi connectivity index (χ0v) is 12.3. The Bertz CT molecular complexity index is 521. The van der Waals surface area contributed by atoms with Crippen LogP contribution in [0.1, 0.15) is 19.3 Å². The first-order valence-electron chi connectivity index (χ1n) is 7.12. The van der Waals surface area contributed by atoms with Gasteiger partial charge in [-0.2, -0.15) is 4.68 Å². The molecule has 0 amide bonds. The maximum absolute atomic E-state index is 4.12. The number of piperidine rings is 1. The predicted octanol–water partition coefficient (Wildman–Crippen LogP) is 2.24. The van der Waals surface area contributed by atoms with Gasteiger partial charge in [-0.25, -0.2) is 0 Å².